The molecule has 0 aliphatic rings. The van der Waals surface area contributed by atoms with Crippen LogP contribution in [0.2, 0.25) is 5.02 Å². The molecule has 0 saturated heterocycles. The van der Waals surface area contributed by atoms with Gasteiger partial charge in [0, 0.05) is 18.2 Å². The van der Waals surface area contributed by atoms with Crippen molar-refractivity contribution in [3.05, 3.63) is 51.2 Å². The summed E-state index contributed by atoms with van der Waals surface area (Å²) >= 11 is 7.44. The number of anilines is 1. The van der Waals surface area contributed by atoms with Crippen molar-refractivity contribution in [2.75, 3.05) is 18.9 Å². The van der Waals surface area contributed by atoms with Crippen LogP contribution in [0.25, 0.3) is 0 Å². The number of amides is 2. The number of likely N-dealkylation sites (N-methyl/N-ethyl adjacent to an activating group) is 1. The zero-order valence-corrected chi connectivity index (χ0v) is 14.4. The molecule has 2 amide bonds. The second-order valence-electron chi connectivity index (χ2n) is 5.03. The third-order valence-electron chi connectivity index (χ3n) is 3.28. The SMILES string of the molecule is CNC(C)CNC(=O)c1ccc(Cl)c(NC(=O)c2cccs2)c1. The lowest BCUT2D eigenvalue weighted by molar-refractivity contribution is 0.0949. The predicted octanol–water partition coefficient (Wildman–Crippen LogP) is 2.99. The highest BCUT2D eigenvalue weighted by atomic mass is 35.5. The highest BCUT2D eigenvalue weighted by Crippen LogP contribution is 2.24. The molecule has 0 aliphatic heterocycles. The zero-order chi connectivity index (χ0) is 16.8. The standard InChI is InChI=1S/C16H18ClN3O2S/c1-10(18-2)9-19-15(21)11-5-6-12(17)13(8-11)20-16(22)14-4-3-7-23-14/h3-8,10,18H,9H2,1-2H3,(H,19,21)(H,20,22). The quantitative estimate of drug-likeness (QED) is 0.749. The molecule has 0 radical (unpaired) electrons. The molecule has 23 heavy (non-hydrogen) atoms. The van der Waals surface area contributed by atoms with Gasteiger partial charge >= 0.3 is 0 Å². The Balaban J connectivity index is 2.09. The zero-order valence-electron chi connectivity index (χ0n) is 12.9. The van der Waals surface area contributed by atoms with E-state index < -0.39 is 0 Å². The Labute approximate surface area is 144 Å². The molecular formula is C16H18ClN3O2S. The van der Waals surface area contributed by atoms with Crippen LogP contribution in [0.1, 0.15) is 27.0 Å². The maximum absolute atomic E-state index is 12.2. The van der Waals surface area contributed by atoms with E-state index in [1.165, 1.54) is 11.3 Å². The van der Waals surface area contributed by atoms with Gasteiger partial charge in [0.25, 0.3) is 11.8 Å². The van der Waals surface area contributed by atoms with Crippen LogP contribution in [-0.4, -0.2) is 31.4 Å². The second kappa shape index (κ2) is 8.10. The predicted molar refractivity (Wildman–Crippen MR) is 94.6 cm³/mol. The van der Waals surface area contributed by atoms with Gasteiger partial charge in [-0.3, -0.25) is 9.59 Å². The number of halogens is 1. The monoisotopic (exact) mass is 351 g/mol. The fourth-order valence-corrected chi connectivity index (χ4v) is 2.59. The molecule has 1 atom stereocenters. The summed E-state index contributed by atoms with van der Waals surface area (Å²) in [4.78, 5) is 24.8. The van der Waals surface area contributed by atoms with Gasteiger partial charge in [-0.25, -0.2) is 0 Å². The van der Waals surface area contributed by atoms with Crippen molar-refractivity contribution in [2.24, 2.45) is 0 Å². The fourth-order valence-electron chi connectivity index (χ4n) is 1.80. The fraction of sp³-hybridized carbons (Fsp3) is 0.250. The number of carbonyl (C=O) groups is 2. The minimum Gasteiger partial charge on any atom is -0.350 e. The van der Waals surface area contributed by atoms with E-state index in [1.54, 1.807) is 30.3 Å². The van der Waals surface area contributed by atoms with Crippen LogP contribution in [0.3, 0.4) is 0 Å². The second-order valence-corrected chi connectivity index (χ2v) is 6.38. The van der Waals surface area contributed by atoms with Gasteiger partial charge in [0.2, 0.25) is 0 Å². The number of hydrogen-bond acceptors (Lipinski definition) is 4. The molecule has 0 saturated carbocycles. The van der Waals surface area contributed by atoms with E-state index in [1.807, 2.05) is 19.4 Å². The van der Waals surface area contributed by atoms with Crippen molar-refractivity contribution < 1.29 is 9.59 Å². The van der Waals surface area contributed by atoms with E-state index in [4.69, 9.17) is 11.6 Å². The minimum atomic E-state index is -0.247. The van der Waals surface area contributed by atoms with Crippen LogP contribution in [0, 0.1) is 0 Å². The van der Waals surface area contributed by atoms with Gasteiger partial charge in [-0.05, 0) is 43.6 Å². The first-order valence-electron chi connectivity index (χ1n) is 7.11. The van der Waals surface area contributed by atoms with E-state index in [-0.39, 0.29) is 17.9 Å². The first-order chi connectivity index (χ1) is 11.0. The van der Waals surface area contributed by atoms with Crippen molar-refractivity contribution >= 4 is 40.4 Å². The molecule has 1 unspecified atom stereocenters. The molecule has 5 nitrogen and oxygen atoms in total. The summed E-state index contributed by atoms with van der Waals surface area (Å²) in [7, 11) is 1.83. The van der Waals surface area contributed by atoms with E-state index in [2.05, 4.69) is 16.0 Å². The van der Waals surface area contributed by atoms with Crippen LogP contribution in [0.4, 0.5) is 5.69 Å². The Morgan fingerprint density at radius 1 is 1.26 bits per heavy atom. The number of hydrogen-bond donors (Lipinski definition) is 3. The van der Waals surface area contributed by atoms with Gasteiger partial charge in [-0.2, -0.15) is 0 Å². The lowest BCUT2D eigenvalue weighted by atomic mass is 10.1. The lowest BCUT2D eigenvalue weighted by Gasteiger charge is -2.12. The van der Waals surface area contributed by atoms with Crippen molar-refractivity contribution in [1.82, 2.24) is 10.6 Å². The molecule has 122 valence electrons. The number of thiophene rings is 1. The summed E-state index contributed by atoms with van der Waals surface area (Å²) in [5, 5.41) is 10.8. The molecule has 0 spiro atoms. The Kier molecular flexibility index (Phi) is 6.15. The summed E-state index contributed by atoms with van der Waals surface area (Å²) < 4.78 is 0. The number of nitrogens with one attached hydrogen (secondary N) is 3. The van der Waals surface area contributed by atoms with E-state index in [9.17, 15) is 9.59 Å². The average molecular weight is 352 g/mol. The minimum absolute atomic E-state index is 0.171. The van der Waals surface area contributed by atoms with Gasteiger partial charge in [-0.1, -0.05) is 17.7 Å². The first kappa shape index (κ1) is 17.5. The smallest absolute Gasteiger partial charge is 0.265 e. The molecule has 0 aliphatic carbocycles. The Morgan fingerprint density at radius 2 is 2.04 bits per heavy atom. The molecule has 1 aromatic heterocycles. The van der Waals surface area contributed by atoms with Crippen LogP contribution >= 0.6 is 22.9 Å². The first-order valence-corrected chi connectivity index (χ1v) is 8.37. The summed E-state index contributed by atoms with van der Waals surface area (Å²) in [6, 6.07) is 8.50. The number of benzene rings is 1. The van der Waals surface area contributed by atoms with Crippen LogP contribution in [-0.2, 0) is 0 Å². The van der Waals surface area contributed by atoms with Gasteiger partial charge in [-0.15, -0.1) is 11.3 Å². The van der Waals surface area contributed by atoms with Crippen molar-refractivity contribution in [3.8, 4) is 0 Å². The maximum atomic E-state index is 12.2. The largest absolute Gasteiger partial charge is 0.350 e. The number of carbonyl (C=O) groups excluding carboxylic acids is 2. The summed E-state index contributed by atoms with van der Waals surface area (Å²) in [6.45, 7) is 2.48. The van der Waals surface area contributed by atoms with Crippen LogP contribution < -0.4 is 16.0 Å². The van der Waals surface area contributed by atoms with Gasteiger partial charge in [0.05, 0.1) is 15.6 Å². The maximum Gasteiger partial charge on any atom is 0.265 e. The highest BCUT2D eigenvalue weighted by molar-refractivity contribution is 7.12. The highest BCUT2D eigenvalue weighted by Gasteiger charge is 2.13. The number of rotatable bonds is 6. The molecular weight excluding hydrogens is 334 g/mol. The topological polar surface area (TPSA) is 70.2 Å². The molecule has 0 fully saturated rings. The lowest BCUT2D eigenvalue weighted by Crippen LogP contribution is -2.37. The van der Waals surface area contributed by atoms with Crippen LogP contribution in [0.15, 0.2) is 35.7 Å². The van der Waals surface area contributed by atoms with Crippen LogP contribution in [0.5, 0.6) is 0 Å². The van der Waals surface area contributed by atoms with E-state index in [0.717, 1.165) is 0 Å². The summed E-state index contributed by atoms with van der Waals surface area (Å²) in [6.07, 6.45) is 0. The van der Waals surface area contributed by atoms with E-state index >= 15 is 0 Å². The molecule has 1 aromatic carbocycles. The third-order valence-corrected chi connectivity index (χ3v) is 4.48. The third kappa shape index (κ3) is 4.79. The Morgan fingerprint density at radius 3 is 2.70 bits per heavy atom. The molecule has 1 heterocycles. The molecule has 2 aromatic rings. The van der Waals surface area contributed by atoms with Gasteiger partial charge in [0.15, 0.2) is 0 Å². The van der Waals surface area contributed by atoms with Gasteiger partial charge < -0.3 is 16.0 Å². The Bertz CT molecular complexity index is 689. The van der Waals surface area contributed by atoms with Crippen molar-refractivity contribution in [1.29, 1.82) is 0 Å². The molecule has 3 N–H and O–H groups in total. The normalized spacial score (nSPS) is 11.8. The molecule has 0 bridgehead atoms. The van der Waals surface area contributed by atoms with E-state index in [0.29, 0.717) is 27.7 Å². The van der Waals surface area contributed by atoms with Gasteiger partial charge in [0.1, 0.15) is 0 Å². The summed E-state index contributed by atoms with van der Waals surface area (Å²) in [5.74, 6) is -0.460. The Hall–Kier alpha value is -1.89. The van der Waals surface area contributed by atoms with Crippen molar-refractivity contribution in [2.45, 2.75) is 13.0 Å². The molecule has 7 heteroatoms. The average Bonchev–Trinajstić information content (AvgIpc) is 3.08. The van der Waals surface area contributed by atoms with Crippen molar-refractivity contribution in [3.63, 3.8) is 0 Å². The summed E-state index contributed by atoms with van der Waals surface area (Å²) in [5.41, 5.74) is 0.860. The molecule has 2 rings (SSSR count).